The van der Waals surface area contributed by atoms with E-state index in [2.05, 4.69) is 0 Å². The van der Waals surface area contributed by atoms with Gasteiger partial charge in [-0.2, -0.15) is 13.2 Å². The molecule has 2 aromatic rings. The molecule has 2 aliphatic rings. The van der Waals surface area contributed by atoms with E-state index < -0.39 is 23.1 Å². The lowest BCUT2D eigenvalue weighted by molar-refractivity contribution is -0.122. The maximum Gasteiger partial charge on any atom is 0.454 e. The molecule has 0 N–H and O–H groups in total. The molecular weight excluding hydrogens is 345 g/mol. The Balaban J connectivity index is 1.91. The Bertz CT molecular complexity index is 954. The first kappa shape index (κ1) is 16.6. The molecule has 0 saturated heterocycles. The van der Waals surface area contributed by atoms with Gasteiger partial charge in [-0.3, -0.25) is 9.59 Å². The summed E-state index contributed by atoms with van der Waals surface area (Å²) in [5.41, 5.74) is 1.16. The molecule has 1 unspecified atom stereocenters. The summed E-state index contributed by atoms with van der Waals surface area (Å²) in [4.78, 5) is 28.1. The van der Waals surface area contributed by atoms with Gasteiger partial charge in [0.05, 0.1) is 0 Å². The first-order valence-electron chi connectivity index (χ1n) is 8.04. The molecule has 0 fully saturated rings. The maximum atomic E-state index is 13.1. The second-order valence-corrected chi connectivity index (χ2v) is 6.65. The zero-order valence-corrected chi connectivity index (χ0v) is 14.1. The van der Waals surface area contributed by atoms with Crippen LogP contribution >= 0.6 is 0 Å². The Morgan fingerprint density at radius 3 is 2.42 bits per heavy atom. The number of para-hydroxylation sites is 1. The second-order valence-electron chi connectivity index (χ2n) is 6.65. The van der Waals surface area contributed by atoms with Crippen LogP contribution in [0.1, 0.15) is 21.5 Å². The summed E-state index contributed by atoms with van der Waals surface area (Å²) >= 11 is 0. The quantitative estimate of drug-likeness (QED) is 0.733. The summed E-state index contributed by atoms with van der Waals surface area (Å²) in [5, 5.41) is 0. The van der Waals surface area contributed by atoms with Crippen molar-refractivity contribution in [3.63, 3.8) is 0 Å². The first-order valence-corrected chi connectivity index (χ1v) is 8.04. The molecule has 1 spiro atoms. The second kappa shape index (κ2) is 5.09. The van der Waals surface area contributed by atoms with Crippen LogP contribution in [0.25, 0.3) is 0 Å². The third-order valence-corrected chi connectivity index (χ3v) is 5.35. The number of rotatable bonds is 1. The standard InChI is InChI=1S/C19H15F3N2O2/c1-23-15-8-7-11(16(25)19(20,21)22)9-13(15)18(17(23)26)10-12-5-3-4-6-14(12)24(18)2/h3-9H,10H2,1-2H3. The number of hydrogen-bond donors (Lipinski definition) is 0. The predicted molar refractivity (Wildman–Crippen MR) is 90.5 cm³/mol. The van der Waals surface area contributed by atoms with Gasteiger partial charge in [-0.15, -0.1) is 0 Å². The molecule has 0 saturated carbocycles. The number of Topliss-reactive ketones (excluding diaryl/α,β-unsaturated/α-hetero) is 1. The number of likely N-dealkylation sites (N-methyl/N-ethyl adjacent to an activating group) is 2. The lowest BCUT2D eigenvalue weighted by atomic mass is 9.86. The van der Waals surface area contributed by atoms with Gasteiger partial charge in [-0.05, 0) is 29.8 Å². The highest BCUT2D eigenvalue weighted by Gasteiger charge is 2.56. The molecule has 7 heteroatoms. The van der Waals surface area contributed by atoms with E-state index in [1.165, 1.54) is 17.0 Å². The number of carbonyl (C=O) groups excluding carboxylic acids is 2. The Morgan fingerprint density at radius 1 is 1.08 bits per heavy atom. The number of nitrogens with zero attached hydrogens (tertiary/aromatic N) is 2. The van der Waals surface area contributed by atoms with Crippen LogP contribution < -0.4 is 9.80 Å². The van der Waals surface area contributed by atoms with Gasteiger partial charge in [0.2, 0.25) is 0 Å². The molecule has 2 aliphatic heterocycles. The number of benzene rings is 2. The van der Waals surface area contributed by atoms with Crippen molar-refractivity contribution < 1.29 is 22.8 Å². The molecule has 0 aromatic heterocycles. The number of halogens is 3. The number of alkyl halides is 3. The number of fused-ring (bicyclic) bond motifs is 3. The van der Waals surface area contributed by atoms with E-state index in [1.807, 2.05) is 24.3 Å². The van der Waals surface area contributed by atoms with Crippen LogP contribution in [-0.4, -0.2) is 32.0 Å². The zero-order valence-electron chi connectivity index (χ0n) is 14.1. The molecule has 2 aromatic carbocycles. The van der Waals surface area contributed by atoms with E-state index in [-0.39, 0.29) is 5.91 Å². The van der Waals surface area contributed by atoms with Crippen LogP contribution in [0, 0.1) is 0 Å². The summed E-state index contributed by atoms with van der Waals surface area (Å²) < 4.78 is 38.6. The molecule has 0 radical (unpaired) electrons. The van der Waals surface area contributed by atoms with E-state index in [0.29, 0.717) is 17.7 Å². The third-order valence-electron chi connectivity index (χ3n) is 5.35. The zero-order chi connectivity index (χ0) is 18.9. The molecule has 0 bridgehead atoms. The minimum Gasteiger partial charge on any atom is -0.356 e. The smallest absolute Gasteiger partial charge is 0.356 e. The SMILES string of the molecule is CN1C(=O)C2(Cc3ccccc3N2C)c2cc(C(=O)C(F)(F)F)ccc21. The fourth-order valence-corrected chi connectivity index (χ4v) is 4.05. The van der Waals surface area contributed by atoms with Crippen molar-refractivity contribution in [2.24, 2.45) is 0 Å². The third kappa shape index (κ3) is 1.97. The highest BCUT2D eigenvalue weighted by Crippen LogP contribution is 2.52. The van der Waals surface area contributed by atoms with Gasteiger partial charge < -0.3 is 9.80 Å². The minimum absolute atomic E-state index is 0.220. The molecular formula is C19H15F3N2O2. The van der Waals surface area contributed by atoms with Crippen molar-refractivity contribution in [3.05, 3.63) is 59.2 Å². The van der Waals surface area contributed by atoms with Gasteiger partial charge in [0, 0.05) is 43.0 Å². The van der Waals surface area contributed by atoms with Gasteiger partial charge in [-0.25, -0.2) is 0 Å². The lowest BCUT2D eigenvalue weighted by Gasteiger charge is -2.33. The average molecular weight is 360 g/mol. The normalized spacial score (nSPS) is 21.3. The topological polar surface area (TPSA) is 40.6 Å². The van der Waals surface area contributed by atoms with E-state index in [9.17, 15) is 22.8 Å². The molecule has 4 nitrogen and oxygen atoms in total. The number of amides is 1. The molecule has 26 heavy (non-hydrogen) atoms. The molecule has 1 amide bonds. The van der Waals surface area contributed by atoms with Gasteiger partial charge in [0.25, 0.3) is 11.7 Å². The molecule has 2 heterocycles. The van der Waals surface area contributed by atoms with E-state index in [1.54, 1.807) is 19.0 Å². The Hall–Kier alpha value is -2.83. The van der Waals surface area contributed by atoms with Gasteiger partial charge >= 0.3 is 6.18 Å². The summed E-state index contributed by atoms with van der Waals surface area (Å²) in [6, 6.07) is 11.2. The largest absolute Gasteiger partial charge is 0.454 e. The monoisotopic (exact) mass is 360 g/mol. The summed E-state index contributed by atoms with van der Waals surface area (Å²) in [6.07, 6.45) is -4.61. The number of hydrogen-bond acceptors (Lipinski definition) is 3. The van der Waals surface area contributed by atoms with Crippen LogP contribution in [0.15, 0.2) is 42.5 Å². The summed E-state index contributed by atoms with van der Waals surface area (Å²) in [5.74, 6) is -2.13. The Labute approximate surface area is 147 Å². The molecule has 1 atom stereocenters. The van der Waals surface area contributed by atoms with E-state index >= 15 is 0 Å². The average Bonchev–Trinajstić information content (AvgIpc) is 3.02. The van der Waals surface area contributed by atoms with Crippen molar-refractivity contribution in [2.45, 2.75) is 18.1 Å². The van der Waals surface area contributed by atoms with Crippen LogP contribution in [-0.2, 0) is 16.8 Å². The number of ketones is 1. The van der Waals surface area contributed by atoms with E-state index in [4.69, 9.17) is 0 Å². The molecule has 4 rings (SSSR count). The van der Waals surface area contributed by atoms with Gasteiger partial charge in [-0.1, -0.05) is 18.2 Å². The Kier molecular flexibility index (Phi) is 3.26. The summed E-state index contributed by atoms with van der Waals surface area (Å²) in [7, 11) is 3.35. The minimum atomic E-state index is -4.96. The van der Waals surface area contributed by atoms with Crippen molar-refractivity contribution in [2.75, 3.05) is 23.9 Å². The van der Waals surface area contributed by atoms with Crippen molar-refractivity contribution in [1.82, 2.24) is 0 Å². The summed E-state index contributed by atoms with van der Waals surface area (Å²) in [6.45, 7) is 0. The predicted octanol–water partition coefficient (Wildman–Crippen LogP) is 3.30. The van der Waals surface area contributed by atoms with Gasteiger partial charge in [0.1, 0.15) is 0 Å². The Morgan fingerprint density at radius 2 is 1.77 bits per heavy atom. The van der Waals surface area contributed by atoms with Crippen LogP contribution in [0.5, 0.6) is 0 Å². The van der Waals surface area contributed by atoms with Crippen LogP contribution in [0.3, 0.4) is 0 Å². The van der Waals surface area contributed by atoms with Crippen LogP contribution in [0.2, 0.25) is 0 Å². The van der Waals surface area contributed by atoms with Crippen molar-refractivity contribution >= 4 is 23.1 Å². The van der Waals surface area contributed by atoms with Gasteiger partial charge in [0.15, 0.2) is 5.54 Å². The fourth-order valence-electron chi connectivity index (χ4n) is 4.05. The maximum absolute atomic E-state index is 13.1. The van der Waals surface area contributed by atoms with Crippen LogP contribution in [0.4, 0.5) is 24.5 Å². The number of anilines is 2. The first-order chi connectivity index (χ1) is 12.2. The highest BCUT2D eigenvalue weighted by atomic mass is 19.4. The highest BCUT2D eigenvalue weighted by molar-refractivity contribution is 6.12. The fraction of sp³-hybridized carbons (Fsp3) is 0.263. The van der Waals surface area contributed by atoms with E-state index in [0.717, 1.165) is 17.3 Å². The number of carbonyl (C=O) groups is 2. The van der Waals surface area contributed by atoms with Crippen molar-refractivity contribution in [3.8, 4) is 0 Å². The molecule has 134 valence electrons. The van der Waals surface area contributed by atoms with Crippen molar-refractivity contribution in [1.29, 1.82) is 0 Å². The molecule has 0 aliphatic carbocycles. The lowest BCUT2D eigenvalue weighted by Crippen LogP contribution is -2.49.